The fourth-order valence-corrected chi connectivity index (χ4v) is 6.84. The quantitative estimate of drug-likeness (QED) is 0.235. The summed E-state index contributed by atoms with van der Waals surface area (Å²) in [5.74, 6) is -0.756. The van der Waals surface area contributed by atoms with Gasteiger partial charge < -0.3 is 10.2 Å². The Bertz CT molecular complexity index is 1780. The largest absolute Gasteiger partial charge is 0.351 e. The second kappa shape index (κ2) is 13.3. The summed E-state index contributed by atoms with van der Waals surface area (Å²) >= 11 is 0. The molecule has 1 saturated carbocycles. The van der Waals surface area contributed by atoms with E-state index in [1.165, 1.54) is 22.9 Å². The van der Waals surface area contributed by atoms with Crippen LogP contribution in [-0.2, 0) is 15.8 Å². The van der Waals surface area contributed by atoms with Gasteiger partial charge in [-0.05, 0) is 64.3 Å². The van der Waals surface area contributed by atoms with Crippen LogP contribution in [0.5, 0.6) is 0 Å². The van der Waals surface area contributed by atoms with Gasteiger partial charge >= 0.3 is 0 Å². The van der Waals surface area contributed by atoms with Crippen LogP contribution < -0.4 is 15.6 Å². The van der Waals surface area contributed by atoms with Gasteiger partial charge in [-0.2, -0.15) is 4.98 Å². The third-order valence-corrected chi connectivity index (χ3v) is 9.19. The lowest BCUT2D eigenvalue weighted by atomic mass is 9.90. The van der Waals surface area contributed by atoms with Crippen molar-refractivity contribution in [2.75, 3.05) is 30.3 Å². The lowest BCUT2D eigenvalue weighted by molar-refractivity contribution is 0.174. The number of hydrogen-bond donors (Lipinski definition) is 2. The molecule has 0 spiro atoms. The van der Waals surface area contributed by atoms with E-state index in [1.54, 1.807) is 30.3 Å². The number of nitrogens with zero attached hydrogens (tertiary/aromatic N) is 5. The highest BCUT2D eigenvalue weighted by atomic mass is 32.2. The Kier molecular flexibility index (Phi) is 9.54. The molecule has 2 aromatic heterocycles. The molecule has 2 N–H and O–H groups in total. The average Bonchev–Trinajstić information content (AvgIpc) is 2.98. The van der Waals surface area contributed by atoms with Gasteiger partial charge in [-0.1, -0.05) is 36.4 Å². The van der Waals surface area contributed by atoms with E-state index < -0.39 is 21.4 Å². The Hall–Kier alpha value is -3.97. The molecule has 2 aromatic carbocycles. The lowest BCUT2D eigenvalue weighted by Gasteiger charge is -2.34. The number of nitrogens with one attached hydrogen (secondary N) is 2. The monoisotopic (exact) mass is 625 g/mol. The maximum Gasteiger partial charge on any atom is 0.278 e. The molecule has 13 heteroatoms. The van der Waals surface area contributed by atoms with Crippen molar-refractivity contribution in [2.24, 2.45) is 0 Å². The van der Waals surface area contributed by atoms with E-state index in [9.17, 15) is 17.6 Å². The lowest BCUT2D eigenvalue weighted by Crippen LogP contribution is -2.39. The van der Waals surface area contributed by atoms with Crippen LogP contribution in [0, 0.1) is 5.82 Å². The number of hydrogen-bond acceptors (Lipinski definition) is 8. The van der Waals surface area contributed by atoms with Gasteiger partial charge in [0.1, 0.15) is 23.7 Å². The van der Waals surface area contributed by atoms with E-state index in [-0.39, 0.29) is 41.5 Å². The van der Waals surface area contributed by atoms with Crippen LogP contribution in [0.15, 0.2) is 59.5 Å². The maximum atomic E-state index is 15.2. The number of sulfonamides is 1. The van der Waals surface area contributed by atoms with Crippen LogP contribution in [0.25, 0.3) is 22.4 Å². The molecule has 0 atom stereocenters. The van der Waals surface area contributed by atoms with Gasteiger partial charge in [0, 0.05) is 30.2 Å². The Morgan fingerprint density at radius 2 is 1.80 bits per heavy atom. The topological polar surface area (TPSA) is 122 Å². The summed E-state index contributed by atoms with van der Waals surface area (Å²) in [6, 6.07) is 12.6. The zero-order valence-electron chi connectivity index (χ0n) is 25.0. The maximum absolute atomic E-state index is 15.2. The van der Waals surface area contributed by atoms with Crippen molar-refractivity contribution in [3.05, 3.63) is 76.5 Å². The molecular weight excluding hydrogens is 588 g/mol. The van der Waals surface area contributed by atoms with Crippen LogP contribution in [0.3, 0.4) is 0 Å². The number of aromatic nitrogens is 4. The molecule has 1 fully saturated rings. The molecule has 0 saturated heterocycles. The normalized spacial score (nSPS) is 17.3. The van der Waals surface area contributed by atoms with Gasteiger partial charge in [-0.3, -0.25) is 14.1 Å². The van der Waals surface area contributed by atoms with E-state index in [1.807, 2.05) is 20.9 Å². The minimum Gasteiger partial charge on any atom is -0.351 e. The van der Waals surface area contributed by atoms with Crippen LogP contribution in [0.1, 0.15) is 51.1 Å². The fraction of sp³-hybridized carbons (Fsp3) is 0.419. The van der Waals surface area contributed by atoms with Crippen molar-refractivity contribution in [1.82, 2.24) is 24.4 Å². The highest BCUT2D eigenvalue weighted by Gasteiger charge is 2.25. The van der Waals surface area contributed by atoms with Gasteiger partial charge in [0.15, 0.2) is 5.65 Å². The van der Waals surface area contributed by atoms with Crippen molar-refractivity contribution < 1.29 is 17.2 Å². The van der Waals surface area contributed by atoms with Gasteiger partial charge in [0.05, 0.1) is 17.6 Å². The van der Waals surface area contributed by atoms with E-state index in [0.717, 1.165) is 31.7 Å². The number of alkyl halides is 1. The van der Waals surface area contributed by atoms with Crippen molar-refractivity contribution in [2.45, 2.75) is 63.4 Å². The van der Waals surface area contributed by atoms with E-state index in [2.05, 4.69) is 29.9 Å². The number of benzene rings is 2. The number of anilines is 2. The van der Waals surface area contributed by atoms with Crippen molar-refractivity contribution >= 4 is 32.8 Å². The van der Waals surface area contributed by atoms with Crippen molar-refractivity contribution in [3.8, 4) is 11.3 Å². The third-order valence-electron chi connectivity index (χ3n) is 7.95. The molecule has 234 valence electrons. The second-order valence-electron chi connectivity index (χ2n) is 11.5. The van der Waals surface area contributed by atoms with Gasteiger partial charge in [-0.15, -0.1) is 0 Å². The standard InChI is InChI=1S/C31H37F2N7O3S/c1-20(2)40-29-27(18-34-31(37-29)35-23-10-12-24(13-11-23)39(3)16-15-32)36-28(30(40)41)22-9-14-26(25(33)17-22)38-44(42,43)19-21-7-5-4-6-8-21/h4-9,14,17-18,20,23-24,38H,10-13,15-16,19H2,1-3H3,(H,34,35,37). The summed E-state index contributed by atoms with van der Waals surface area (Å²) in [5, 5.41) is 3.38. The molecule has 0 unspecified atom stereocenters. The Labute approximate surface area is 255 Å². The Morgan fingerprint density at radius 1 is 1.07 bits per heavy atom. The summed E-state index contributed by atoms with van der Waals surface area (Å²) in [4.78, 5) is 29.3. The molecule has 44 heavy (non-hydrogen) atoms. The number of rotatable bonds is 11. The number of fused-ring (bicyclic) bond motifs is 1. The zero-order valence-corrected chi connectivity index (χ0v) is 25.8. The minimum atomic E-state index is -3.88. The Morgan fingerprint density at radius 3 is 2.45 bits per heavy atom. The van der Waals surface area contributed by atoms with Crippen LogP contribution in [0.2, 0.25) is 0 Å². The summed E-state index contributed by atoms with van der Waals surface area (Å²) in [6.45, 7) is 3.77. The summed E-state index contributed by atoms with van der Waals surface area (Å²) in [5.41, 5.74) is 0.812. The molecule has 0 radical (unpaired) electrons. The first-order valence-corrected chi connectivity index (χ1v) is 16.4. The molecule has 5 rings (SSSR count). The second-order valence-corrected chi connectivity index (χ2v) is 13.2. The zero-order chi connectivity index (χ0) is 31.4. The molecule has 0 amide bonds. The van der Waals surface area contributed by atoms with Crippen LogP contribution in [0.4, 0.5) is 20.4 Å². The fourth-order valence-electron chi connectivity index (χ4n) is 5.64. The first-order chi connectivity index (χ1) is 21.0. The predicted molar refractivity (Wildman–Crippen MR) is 168 cm³/mol. The summed E-state index contributed by atoms with van der Waals surface area (Å²) in [7, 11) is -1.92. The van der Waals surface area contributed by atoms with Gasteiger partial charge in [0.25, 0.3) is 5.56 Å². The van der Waals surface area contributed by atoms with Crippen LogP contribution in [-0.4, -0.2) is 65.2 Å². The molecule has 1 aliphatic rings. The van der Waals surface area contributed by atoms with E-state index in [0.29, 0.717) is 35.3 Å². The highest BCUT2D eigenvalue weighted by molar-refractivity contribution is 7.91. The first kappa shape index (κ1) is 31.5. The highest BCUT2D eigenvalue weighted by Crippen LogP contribution is 2.27. The molecule has 0 aliphatic heterocycles. The van der Waals surface area contributed by atoms with Gasteiger partial charge in [-0.25, -0.2) is 27.2 Å². The molecule has 0 bridgehead atoms. The summed E-state index contributed by atoms with van der Waals surface area (Å²) in [6.07, 6.45) is 5.19. The SMILES string of the molecule is CC(C)n1c(=O)c(-c2ccc(NS(=O)(=O)Cc3ccccc3)c(F)c2)nc2cnc(NC3CCC(N(C)CCF)CC3)nc21. The molecule has 1 aliphatic carbocycles. The third kappa shape index (κ3) is 7.21. The molecular formula is C31H37F2N7O3S. The first-order valence-electron chi connectivity index (χ1n) is 14.7. The molecule has 10 nitrogen and oxygen atoms in total. The van der Waals surface area contributed by atoms with E-state index >= 15 is 4.39 Å². The van der Waals surface area contributed by atoms with Gasteiger partial charge in [0.2, 0.25) is 16.0 Å². The molecule has 2 heterocycles. The van der Waals surface area contributed by atoms with Crippen molar-refractivity contribution in [1.29, 1.82) is 0 Å². The average molecular weight is 626 g/mol. The van der Waals surface area contributed by atoms with E-state index in [4.69, 9.17) is 0 Å². The summed E-state index contributed by atoms with van der Waals surface area (Å²) < 4.78 is 57.0. The van der Waals surface area contributed by atoms with Crippen LogP contribution >= 0.6 is 0 Å². The smallest absolute Gasteiger partial charge is 0.278 e. The Balaban J connectivity index is 1.37. The van der Waals surface area contributed by atoms with Crippen molar-refractivity contribution in [3.63, 3.8) is 0 Å². The minimum absolute atomic E-state index is 0.00354. The molecule has 4 aromatic rings. The predicted octanol–water partition coefficient (Wildman–Crippen LogP) is 5.14. The number of halogens is 2.